The summed E-state index contributed by atoms with van der Waals surface area (Å²) >= 11 is 1.85. The van der Waals surface area contributed by atoms with Crippen LogP contribution in [0.4, 0.5) is 8.78 Å². The molecule has 3 fully saturated rings. The summed E-state index contributed by atoms with van der Waals surface area (Å²) in [4.78, 5) is 0. The SMILES string of the molecule is CC1NCC2SC(c3cn[nH]c3)C3OCC(F)(F)CC1C23. The molecule has 0 aliphatic carbocycles. The zero-order valence-corrected chi connectivity index (χ0v) is 12.6. The van der Waals surface area contributed by atoms with Crippen LogP contribution in [-0.2, 0) is 4.74 Å². The molecular weight excluding hydrogens is 296 g/mol. The van der Waals surface area contributed by atoms with E-state index in [1.54, 1.807) is 6.20 Å². The fraction of sp³-hybridized carbons (Fsp3) is 0.786. The lowest BCUT2D eigenvalue weighted by Gasteiger charge is -2.40. The lowest BCUT2D eigenvalue weighted by Crippen LogP contribution is -2.52. The van der Waals surface area contributed by atoms with Gasteiger partial charge >= 0.3 is 0 Å². The van der Waals surface area contributed by atoms with Crippen LogP contribution in [0.3, 0.4) is 0 Å². The number of rotatable bonds is 1. The summed E-state index contributed by atoms with van der Waals surface area (Å²) in [5.74, 6) is -2.56. The van der Waals surface area contributed by atoms with E-state index in [9.17, 15) is 8.78 Å². The molecule has 0 bridgehead atoms. The molecule has 3 aliphatic heterocycles. The zero-order chi connectivity index (χ0) is 14.6. The first-order valence-electron chi connectivity index (χ1n) is 7.42. The molecule has 3 aliphatic rings. The maximum atomic E-state index is 14.0. The number of hydrogen-bond acceptors (Lipinski definition) is 4. The molecule has 4 nitrogen and oxygen atoms in total. The Morgan fingerprint density at radius 1 is 1.48 bits per heavy atom. The van der Waals surface area contributed by atoms with Crippen molar-refractivity contribution in [3.05, 3.63) is 18.0 Å². The largest absolute Gasteiger partial charge is 0.370 e. The van der Waals surface area contributed by atoms with E-state index in [-0.39, 0.29) is 35.7 Å². The van der Waals surface area contributed by atoms with Crippen LogP contribution >= 0.6 is 11.8 Å². The van der Waals surface area contributed by atoms with Crippen molar-refractivity contribution in [1.29, 1.82) is 0 Å². The predicted octanol–water partition coefficient (Wildman–Crippen LogP) is 2.21. The molecule has 6 unspecified atom stereocenters. The van der Waals surface area contributed by atoms with Crippen molar-refractivity contribution < 1.29 is 13.5 Å². The first-order valence-corrected chi connectivity index (χ1v) is 8.36. The van der Waals surface area contributed by atoms with Crippen LogP contribution in [0, 0.1) is 11.8 Å². The van der Waals surface area contributed by atoms with Crippen molar-refractivity contribution in [1.82, 2.24) is 15.5 Å². The molecule has 4 rings (SSSR count). The quantitative estimate of drug-likeness (QED) is 0.834. The fourth-order valence-electron chi connectivity index (χ4n) is 4.08. The third kappa shape index (κ3) is 2.29. The van der Waals surface area contributed by atoms with Crippen molar-refractivity contribution in [3.8, 4) is 0 Å². The van der Waals surface area contributed by atoms with Gasteiger partial charge in [-0.3, -0.25) is 5.10 Å². The Morgan fingerprint density at radius 3 is 3.10 bits per heavy atom. The van der Waals surface area contributed by atoms with E-state index >= 15 is 0 Å². The molecule has 7 heteroatoms. The minimum atomic E-state index is -2.72. The van der Waals surface area contributed by atoms with E-state index in [0.29, 0.717) is 5.25 Å². The molecule has 2 N–H and O–H groups in total. The highest BCUT2D eigenvalue weighted by Crippen LogP contribution is 2.56. The topological polar surface area (TPSA) is 49.9 Å². The van der Waals surface area contributed by atoms with E-state index in [2.05, 4.69) is 15.5 Å². The second kappa shape index (κ2) is 4.93. The van der Waals surface area contributed by atoms with E-state index in [1.807, 2.05) is 24.9 Å². The van der Waals surface area contributed by atoms with Crippen LogP contribution in [-0.4, -0.2) is 46.7 Å². The molecule has 21 heavy (non-hydrogen) atoms. The van der Waals surface area contributed by atoms with Crippen LogP contribution in [0.1, 0.15) is 24.2 Å². The number of nitrogens with zero attached hydrogens (tertiary/aromatic N) is 1. The number of hydrogen-bond donors (Lipinski definition) is 2. The minimum absolute atomic E-state index is 0.0318. The summed E-state index contributed by atoms with van der Waals surface area (Å²) in [6.45, 7) is 2.43. The fourth-order valence-corrected chi connectivity index (χ4v) is 5.89. The molecule has 116 valence electrons. The second-order valence-electron chi connectivity index (χ2n) is 6.40. The van der Waals surface area contributed by atoms with Crippen LogP contribution in [0.15, 0.2) is 12.4 Å². The van der Waals surface area contributed by atoms with Crippen LogP contribution < -0.4 is 5.32 Å². The number of aromatic nitrogens is 2. The minimum Gasteiger partial charge on any atom is -0.370 e. The number of piperidine rings is 1. The highest BCUT2D eigenvalue weighted by atomic mass is 32.2. The predicted molar refractivity (Wildman–Crippen MR) is 76.5 cm³/mol. The summed E-state index contributed by atoms with van der Waals surface area (Å²) in [5, 5.41) is 10.7. The number of nitrogens with one attached hydrogen (secondary N) is 2. The smallest absolute Gasteiger partial charge is 0.271 e. The lowest BCUT2D eigenvalue weighted by molar-refractivity contribution is -0.0906. The normalized spacial score (nSPS) is 45.1. The molecule has 0 spiro atoms. The zero-order valence-electron chi connectivity index (χ0n) is 11.8. The van der Waals surface area contributed by atoms with Crippen molar-refractivity contribution in [2.75, 3.05) is 13.2 Å². The molecule has 1 aromatic rings. The number of alkyl halides is 2. The van der Waals surface area contributed by atoms with Gasteiger partial charge in [0.25, 0.3) is 5.92 Å². The van der Waals surface area contributed by atoms with E-state index in [1.165, 1.54) is 0 Å². The molecular formula is C14H19F2N3OS. The monoisotopic (exact) mass is 315 g/mol. The molecule has 0 amide bonds. The van der Waals surface area contributed by atoms with Gasteiger partial charge in [-0.05, 0) is 12.8 Å². The summed E-state index contributed by atoms with van der Waals surface area (Å²) in [5.41, 5.74) is 1.05. The highest BCUT2D eigenvalue weighted by molar-refractivity contribution is 8.00. The number of thioether (sulfide) groups is 1. The summed E-state index contributed by atoms with van der Waals surface area (Å²) in [6.07, 6.45) is 3.43. The van der Waals surface area contributed by atoms with Crippen LogP contribution in [0.25, 0.3) is 0 Å². The average Bonchev–Trinajstić information content (AvgIpc) is 3.03. The number of H-pyrrole nitrogens is 1. The highest BCUT2D eigenvalue weighted by Gasteiger charge is 2.56. The summed E-state index contributed by atoms with van der Waals surface area (Å²) in [7, 11) is 0. The maximum Gasteiger partial charge on any atom is 0.271 e. The van der Waals surface area contributed by atoms with E-state index in [0.717, 1.165) is 12.1 Å². The maximum absolute atomic E-state index is 14.0. The van der Waals surface area contributed by atoms with Crippen LogP contribution in [0.2, 0.25) is 0 Å². The number of aromatic amines is 1. The third-order valence-corrected chi connectivity index (χ3v) is 6.74. The van der Waals surface area contributed by atoms with Gasteiger partial charge in [0.2, 0.25) is 0 Å². The first-order chi connectivity index (χ1) is 10.1. The van der Waals surface area contributed by atoms with Gasteiger partial charge in [0.15, 0.2) is 0 Å². The number of ether oxygens (including phenoxy) is 1. The molecule has 4 heterocycles. The molecule has 0 aromatic carbocycles. The van der Waals surface area contributed by atoms with Gasteiger partial charge in [0.05, 0.1) is 17.6 Å². The second-order valence-corrected chi connectivity index (χ2v) is 7.79. The van der Waals surface area contributed by atoms with Crippen LogP contribution in [0.5, 0.6) is 0 Å². The average molecular weight is 315 g/mol. The van der Waals surface area contributed by atoms with Gasteiger partial charge in [0.1, 0.15) is 6.61 Å². The van der Waals surface area contributed by atoms with Crippen molar-refractivity contribution in [2.24, 2.45) is 11.8 Å². The van der Waals surface area contributed by atoms with Gasteiger partial charge in [-0.15, -0.1) is 11.8 Å². The Hall–Kier alpha value is -0.660. The Balaban J connectivity index is 1.70. The molecule has 0 radical (unpaired) electrons. The Kier molecular flexibility index (Phi) is 3.28. The third-order valence-electron chi connectivity index (χ3n) is 5.08. The van der Waals surface area contributed by atoms with E-state index in [4.69, 9.17) is 4.74 Å². The Bertz CT molecular complexity index is 512. The van der Waals surface area contributed by atoms with Gasteiger partial charge in [-0.2, -0.15) is 5.10 Å². The Morgan fingerprint density at radius 2 is 2.33 bits per heavy atom. The summed E-state index contributed by atoms with van der Waals surface area (Å²) < 4.78 is 33.8. The Labute approximate surface area is 126 Å². The summed E-state index contributed by atoms with van der Waals surface area (Å²) in [6, 6.07) is 0.116. The van der Waals surface area contributed by atoms with E-state index < -0.39 is 12.5 Å². The first kappa shape index (κ1) is 14.0. The van der Waals surface area contributed by atoms with Crippen molar-refractivity contribution in [2.45, 2.75) is 41.9 Å². The molecule has 3 saturated heterocycles. The molecule has 0 saturated carbocycles. The number of halogens is 2. The van der Waals surface area contributed by atoms with Crippen molar-refractivity contribution >= 4 is 11.8 Å². The van der Waals surface area contributed by atoms with Gasteiger partial charge in [0, 0.05) is 41.9 Å². The van der Waals surface area contributed by atoms with Gasteiger partial charge in [-0.25, -0.2) is 8.78 Å². The standard InChI is InChI=1S/C14H19F2N3OS/c1-7-9-2-14(15,16)6-20-12-11(9)10(5-17-7)21-13(12)8-3-18-19-4-8/h3-4,7,9-13,17H,2,5-6H2,1H3,(H,18,19). The lowest BCUT2D eigenvalue weighted by atomic mass is 9.74. The molecule has 6 atom stereocenters. The van der Waals surface area contributed by atoms with Crippen molar-refractivity contribution in [3.63, 3.8) is 0 Å². The van der Waals surface area contributed by atoms with Gasteiger partial charge < -0.3 is 10.1 Å². The van der Waals surface area contributed by atoms with Gasteiger partial charge in [-0.1, -0.05) is 0 Å². The molecule has 1 aromatic heterocycles.